The van der Waals surface area contributed by atoms with E-state index in [1.807, 2.05) is 22.7 Å². The fraction of sp³-hybridized carbons (Fsp3) is 0. The molecule has 0 aliphatic heterocycles. The van der Waals surface area contributed by atoms with E-state index >= 15 is 0 Å². The molecule has 0 unspecified atom stereocenters. The highest BCUT2D eigenvalue weighted by molar-refractivity contribution is 7.26. The van der Waals surface area contributed by atoms with E-state index < -0.39 is 0 Å². The molecule has 0 amide bonds. The molecule has 10 rings (SSSR count). The second-order valence-electron chi connectivity index (χ2n) is 11.7. The van der Waals surface area contributed by atoms with E-state index in [1.165, 1.54) is 94.9 Å². The van der Waals surface area contributed by atoms with Crippen molar-refractivity contribution < 1.29 is 0 Å². The molecule has 0 bridgehead atoms. The summed E-state index contributed by atoms with van der Waals surface area (Å²) in [5.41, 5.74) is 5.10. The average Bonchev–Trinajstić information content (AvgIpc) is 3.66. The van der Waals surface area contributed by atoms with Gasteiger partial charge in [-0.15, -0.1) is 22.7 Å². The molecule has 0 atom stereocenters. The highest BCUT2D eigenvalue weighted by atomic mass is 32.1. The molecule has 2 aromatic heterocycles. The Bertz CT molecular complexity index is 2750. The molecule has 8 aromatic carbocycles. The molecule has 10 aromatic rings. The van der Waals surface area contributed by atoms with Gasteiger partial charge in [-0.25, -0.2) is 0 Å². The summed E-state index contributed by atoms with van der Waals surface area (Å²) >= 11 is 3.77. The van der Waals surface area contributed by atoms with Crippen LogP contribution in [0.3, 0.4) is 0 Å². The van der Waals surface area contributed by atoms with E-state index in [0.717, 1.165) is 0 Å². The summed E-state index contributed by atoms with van der Waals surface area (Å²) in [4.78, 5) is 0. The van der Waals surface area contributed by atoms with Crippen molar-refractivity contribution in [3.8, 4) is 22.3 Å². The van der Waals surface area contributed by atoms with Gasteiger partial charge in [0.25, 0.3) is 0 Å². The Balaban J connectivity index is 1.19. The third-order valence-electron chi connectivity index (χ3n) is 9.26. The van der Waals surface area contributed by atoms with Gasteiger partial charge in [0, 0.05) is 40.3 Å². The predicted molar refractivity (Wildman–Crippen MR) is 196 cm³/mol. The van der Waals surface area contributed by atoms with Crippen LogP contribution < -0.4 is 0 Å². The maximum absolute atomic E-state index is 2.42. The van der Waals surface area contributed by atoms with Gasteiger partial charge in [-0.05, 0) is 91.0 Å². The minimum atomic E-state index is 1.26. The van der Waals surface area contributed by atoms with Gasteiger partial charge in [0.2, 0.25) is 0 Å². The molecule has 0 saturated heterocycles. The Labute approximate surface area is 262 Å². The quantitative estimate of drug-likeness (QED) is 0.175. The number of rotatable bonds is 2. The third-order valence-corrected chi connectivity index (χ3v) is 11.6. The molecule has 0 radical (unpaired) electrons. The first kappa shape index (κ1) is 24.4. The Morgan fingerprint density at radius 2 is 0.750 bits per heavy atom. The van der Waals surface area contributed by atoms with Crippen LogP contribution in [0.2, 0.25) is 0 Å². The largest absolute Gasteiger partial charge is 0.135 e. The molecule has 0 N–H and O–H groups in total. The number of benzene rings is 8. The van der Waals surface area contributed by atoms with Crippen LogP contribution in [-0.2, 0) is 0 Å². The third kappa shape index (κ3) is 3.50. The minimum Gasteiger partial charge on any atom is -0.135 e. The van der Waals surface area contributed by atoms with Crippen molar-refractivity contribution in [1.82, 2.24) is 0 Å². The molecule has 2 heteroatoms. The summed E-state index contributed by atoms with van der Waals surface area (Å²) in [6.07, 6.45) is 0. The lowest BCUT2D eigenvalue weighted by molar-refractivity contribution is 1.70. The van der Waals surface area contributed by atoms with Gasteiger partial charge in [0.05, 0.1) is 0 Å². The predicted octanol–water partition coefficient (Wildman–Crippen LogP) is 13.2. The van der Waals surface area contributed by atoms with Gasteiger partial charge in [-0.1, -0.05) is 109 Å². The molecule has 0 aliphatic carbocycles. The van der Waals surface area contributed by atoms with Gasteiger partial charge in [-0.3, -0.25) is 0 Å². The van der Waals surface area contributed by atoms with E-state index in [1.54, 1.807) is 0 Å². The van der Waals surface area contributed by atoms with Crippen LogP contribution in [0.5, 0.6) is 0 Å². The number of hydrogen-bond donors (Lipinski definition) is 0. The lowest BCUT2D eigenvalue weighted by Crippen LogP contribution is -1.86. The monoisotopic (exact) mass is 592 g/mol. The Morgan fingerprint density at radius 3 is 1.48 bits per heavy atom. The summed E-state index contributed by atoms with van der Waals surface area (Å²) in [7, 11) is 0. The Hall–Kier alpha value is -5.02. The van der Waals surface area contributed by atoms with E-state index in [9.17, 15) is 0 Å². The van der Waals surface area contributed by atoms with Crippen molar-refractivity contribution in [3.63, 3.8) is 0 Å². The van der Waals surface area contributed by atoms with Crippen LogP contribution in [0.15, 0.2) is 146 Å². The zero-order valence-corrected chi connectivity index (χ0v) is 25.3. The van der Waals surface area contributed by atoms with Crippen molar-refractivity contribution in [3.05, 3.63) is 146 Å². The topological polar surface area (TPSA) is 0 Å². The van der Waals surface area contributed by atoms with Crippen LogP contribution in [-0.4, -0.2) is 0 Å². The van der Waals surface area contributed by atoms with Crippen molar-refractivity contribution >= 4 is 95.3 Å². The summed E-state index contributed by atoms with van der Waals surface area (Å²) in [6, 6.07) is 54.2. The van der Waals surface area contributed by atoms with Crippen LogP contribution >= 0.6 is 22.7 Å². The van der Waals surface area contributed by atoms with E-state index in [0.29, 0.717) is 0 Å². The van der Waals surface area contributed by atoms with Crippen LogP contribution in [0.4, 0.5) is 0 Å². The molecule has 0 fully saturated rings. The fourth-order valence-corrected chi connectivity index (χ4v) is 9.51. The lowest BCUT2D eigenvalue weighted by atomic mass is 9.90. The molecular weight excluding hydrogens is 569 g/mol. The summed E-state index contributed by atoms with van der Waals surface area (Å²) in [5.74, 6) is 0. The minimum absolute atomic E-state index is 1.26. The fourth-order valence-electron chi connectivity index (χ4n) is 7.18. The SMILES string of the molecule is c1ccc2c(c1)sc1ccc(-c3ccc4c5ccc(-c6cccc7c6sc6ccccc67)cc5c5ccccc5c4c3)cc12. The number of thiophene rings is 2. The maximum atomic E-state index is 2.42. The maximum Gasteiger partial charge on any atom is 0.0433 e. The van der Waals surface area contributed by atoms with Gasteiger partial charge < -0.3 is 0 Å². The first-order chi connectivity index (χ1) is 21.8. The zero-order chi connectivity index (χ0) is 28.8. The standard InChI is InChI=1S/C42H24S2/c1-2-9-30-29(8-1)36-22-25(26-18-21-41-38(23-26)34-11-4-5-14-39(34)43-41)16-19-31(36)32-20-17-27(24-37(30)32)28-12-7-13-35-33-10-3-6-15-40(33)44-42(28)35/h1-24H. The lowest BCUT2D eigenvalue weighted by Gasteiger charge is -2.14. The number of fused-ring (bicyclic) bond motifs is 12. The Kier molecular flexibility index (Phi) is 5.13. The molecular formula is C42H24S2. The van der Waals surface area contributed by atoms with Gasteiger partial charge >= 0.3 is 0 Å². The highest BCUT2D eigenvalue weighted by Crippen LogP contribution is 2.43. The Morgan fingerprint density at radius 1 is 0.273 bits per heavy atom. The van der Waals surface area contributed by atoms with Crippen LogP contribution in [0, 0.1) is 0 Å². The van der Waals surface area contributed by atoms with E-state index in [2.05, 4.69) is 146 Å². The smallest absolute Gasteiger partial charge is 0.0433 e. The number of hydrogen-bond acceptors (Lipinski definition) is 2. The molecule has 0 saturated carbocycles. The van der Waals surface area contributed by atoms with E-state index in [4.69, 9.17) is 0 Å². The van der Waals surface area contributed by atoms with Crippen LogP contribution in [0.25, 0.3) is 94.9 Å². The van der Waals surface area contributed by atoms with E-state index in [-0.39, 0.29) is 0 Å². The van der Waals surface area contributed by atoms with Gasteiger partial charge in [0.15, 0.2) is 0 Å². The van der Waals surface area contributed by atoms with Gasteiger partial charge in [-0.2, -0.15) is 0 Å². The summed E-state index contributed by atoms with van der Waals surface area (Å²) in [6.45, 7) is 0. The van der Waals surface area contributed by atoms with Crippen molar-refractivity contribution in [2.24, 2.45) is 0 Å². The summed E-state index contributed by atoms with van der Waals surface area (Å²) < 4.78 is 5.39. The van der Waals surface area contributed by atoms with Crippen molar-refractivity contribution in [2.75, 3.05) is 0 Å². The summed E-state index contributed by atoms with van der Waals surface area (Å²) in [5, 5.41) is 13.2. The first-order valence-corrected chi connectivity index (χ1v) is 16.6. The molecule has 2 heterocycles. The molecule has 204 valence electrons. The zero-order valence-electron chi connectivity index (χ0n) is 23.7. The molecule has 0 spiro atoms. The van der Waals surface area contributed by atoms with Crippen LogP contribution in [0.1, 0.15) is 0 Å². The molecule has 0 aliphatic rings. The second kappa shape index (κ2) is 9.24. The normalized spacial score (nSPS) is 12.1. The highest BCUT2D eigenvalue weighted by Gasteiger charge is 2.14. The van der Waals surface area contributed by atoms with Crippen molar-refractivity contribution in [2.45, 2.75) is 0 Å². The first-order valence-electron chi connectivity index (χ1n) is 15.0. The average molecular weight is 593 g/mol. The molecule has 0 nitrogen and oxygen atoms in total. The van der Waals surface area contributed by atoms with Crippen molar-refractivity contribution in [1.29, 1.82) is 0 Å². The van der Waals surface area contributed by atoms with Gasteiger partial charge in [0.1, 0.15) is 0 Å². The second-order valence-corrected chi connectivity index (χ2v) is 13.8. The molecule has 44 heavy (non-hydrogen) atoms.